The van der Waals surface area contributed by atoms with Crippen LogP contribution in [0, 0.1) is 0 Å². The number of nitrogens with zero attached hydrogens (tertiary/aromatic N) is 2. The van der Waals surface area contributed by atoms with E-state index in [0.29, 0.717) is 23.5 Å². The Balaban J connectivity index is 1.52. The third-order valence-electron chi connectivity index (χ3n) is 4.02. The molecule has 26 heavy (non-hydrogen) atoms. The van der Waals surface area contributed by atoms with Crippen molar-refractivity contribution in [2.75, 3.05) is 39.4 Å². The SMILES string of the molecule is O=C(NCCN1CCOCC1)c1cc(-c2ccc(OC(F)F)cc2)n[nH]1. The molecule has 0 saturated carbocycles. The van der Waals surface area contributed by atoms with Crippen LogP contribution in [0.2, 0.25) is 0 Å². The molecule has 1 saturated heterocycles. The molecular weight excluding hydrogens is 346 g/mol. The highest BCUT2D eigenvalue weighted by molar-refractivity contribution is 5.93. The van der Waals surface area contributed by atoms with E-state index in [4.69, 9.17) is 4.74 Å². The minimum absolute atomic E-state index is 0.0698. The van der Waals surface area contributed by atoms with Gasteiger partial charge in [-0.1, -0.05) is 0 Å². The lowest BCUT2D eigenvalue weighted by atomic mass is 10.1. The van der Waals surface area contributed by atoms with Crippen LogP contribution in [0.3, 0.4) is 0 Å². The molecule has 3 rings (SSSR count). The number of benzene rings is 1. The fourth-order valence-corrected chi connectivity index (χ4v) is 2.64. The van der Waals surface area contributed by atoms with Gasteiger partial charge in [0.25, 0.3) is 5.91 Å². The van der Waals surface area contributed by atoms with Gasteiger partial charge in [0.15, 0.2) is 0 Å². The van der Waals surface area contributed by atoms with Crippen LogP contribution in [0.15, 0.2) is 30.3 Å². The van der Waals surface area contributed by atoms with Crippen molar-refractivity contribution in [3.05, 3.63) is 36.0 Å². The number of carbonyl (C=O) groups excluding carboxylic acids is 1. The molecule has 7 nitrogen and oxygen atoms in total. The maximum absolute atomic E-state index is 12.2. The average molecular weight is 366 g/mol. The first kappa shape index (κ1) is 18.3. The largest absolute Gasteiger partial charge is 0.435 e. The lowest BCUT2D eigenvalue weighted by molar-refractivity contribution is -0.0498. The highest BCUT2D eigenvalue weighted by atomic mass is 19.3. The normalized spacial score (nSPS) is 15.2. The summed E-state index contributed by atoms with van der Waals surface area (Å²) in [4.78, 5) is 14.4. The lowest BCUT2D eigenvalue weighted by Crippen LogP contribution is -2.41. The molecule has 0 aliphatic carbocycles. The van der Waals surface area contributed by atoms with E-state index in [0.717, 1.165) is 32.8 Å². The third-order valence-corrected chi connectivity index (χ3v) is 4.02. The summed E-state index contributed by atoms with van der Waals surface area (Å²) >= 11 is 0. The van der Waals surface area contributed by atoms with Gasteiger partial charge in [0.2, 0.25) is 0 Å². The van der Waals surface area contributed by atoms with Gasteiger partial charge in [0, 0.05) is 31.7 Å². The Morgan fingerprint density at radius 3 is 2.73 bits per heavy atom. The van der Waals surface area contributed by atoms with E-state index in [-0.39, 0.29) is 11.7 Å². The van der Waals surface area contributed by atoms with Crippen LogP contribution in [0.1, 0.15) is 10.5 Å². The molecule has 1 aromatic heterocycles. The first-order chi connectivity index (χ1) is 12.6. The van der Waals surface area contributed by atoms with Gasteiger partial charge in [0.1, 0.15) is 11.4 Å². The van der Waals surface area contributed by atoms with E-state index in [1.807, 2.05) is 0 Å². The quantitative estimate of drug-likeness (QED) is 0.780. The number of aromatic nitrogens is 2. The summed E-state index contributed by atoms with van der Waals surface area (Å²) in [6.07, 6.45) is 0. The van der Waals surface area contributed by atoms with Crippen LogP contribution in [-0.4, -0.2) is 67.0 Å². The van der Waals surface area contributed by atoms with Crippen molar-refractivity contribution in [2.45, 2.75) is 6.61 Å². The molecular formula is C17H20F2N4O3. The predicted octanol–water partition coefficient (Wildman–Crippen LogP) is 1.74. The van der Waals surface area contributed by atoms with Crippen LogP contribution in [0.25, 0.3) is 11.3 Å². The molecule has 2 heterocycles. The van der Waals surface area contributed by atoms with Crippen molar-refractivity contribution in [1.82, 2.24) is 20.4 Å². The van der Waals surface area contributed by atoms with E-state index in [2.05, 4.69) is 25.2 Å². The highest BCUT2D eigenvalue weighted by Gasteiger charge is 2.13. The van der Waals surface area contributed by atoms with E-state index in [1.54, 1.807) is 18.2 Å². The Morgan fingerprint density at radius 2 is 2.04 bits per heavy atom. The van der Waals surface area contributed by atoms with Gasteiger partial charge in [-0.05, 0) is 30.3 Å². The Morgan fingerprint density at radius 1 is 1.31 bits per heavy atom. The van der Waals surface area contributed by atoms with E-state index in [9.17, 15) is 13.6 Å². The number of halogens is 2. The summed E-state index contributed by atoms with van der Waals surface area (Å²) in [5.74, 6) is -0.171. The van der Waals surface area contributed by atoms with Gasteiger partial charge in [0.05, 0.1) is 18.9 Å². The molecule has 140 valence electrons. The smallest absolute Gasteiger partial charge is 0.387 e. The van der Waals surface area contributed by atoms with E-state index >= 15 is 0 Å². The monoisotopic (exact) mass is 366 g/mol. The standard InChI is InChI=1S/C17H20F2N4O3/c18-17(19)26-13-3-1-12(2-4-13)14-11-15(22-21-14)16(24)20-5-6-23-7-9-25-10-8-23/h1-4,11,17H,5-10H2,(H,20,24)(H,21,22). The zero-order valence-corrected chi connectivity index (χ0v) is 14.1. The molecule has 0 bridgehead atoms. The van der Waals surface area contributed by atoms with Gasteiger partial charge in [-0.25, -0.2) is 0 Å². The molecule has 1 aliphatic heterocycles. The lowest BCUT2D eigenvalue weighted by Gasteiger charge is -2.26. The number of alkyl halides is 2. The first-order valence-electron chi connectivity index (χ1n) is 8.31. The van der Waals surface area contributed by atoms with Crippen molar-refractivity contribution < 1.29 is 23.0 Å². The molecule has 1 amide bonds. The number of amides is 1. The van der Waals surface area contributed by atoms with Gasteiger partial charge in [-0.2, -0.15) is 13.9 Å². The predicted molar refractivity (Wildman–Crippen MR) is 90.2 cm³/mol. The Hall–Kier alpha value is -2.52. The summed E-state index contributed by atoms with van der Waals surface area (Å²) in [5, 5.41) is 9.63. The Bertz CT molecular complexity index is 715. The average Bonchev–Trinajstić information content (AvgIpc) is 3.13. The van der Waals surface area contributed by atoms with Crippen molar-refractivity contribution >= 4 is 5.91 Å². The van der Waals surface area contributed by atoms with Gasteiger partial charge < -0.3 is 14.8 Å². The molecule has 0 radical (unpaired) electrons. The van der Waals surface area contributed by atoms with Crippen LogP contribution in [-0.2, 0) is 4.74 Å². The Labute approximate surface area is 149 Å². The number of H-pyrrole nitrogens is 1. The number of carbonyl (C=O) groups is 1. The first-order valence-corrected chi connectivity index (χ1v) is 8.31. The molecule has 1 aromatic carbocycles. The number of hydrogen-bond donors (Lipinski definition) is 2. The molecule has 0 spiro atoms. The minimum Gasteiger partial charge on any atom is -0.435 e. The number of aromatic amines is 1. The maximum Gasteiger partial charge on any atom is 0.387 e. The zero-order valence-electron chi connectivity index (χ0n) is 14.1. The van der Waals surface area contributed by atoms with Crippen molar-refractivity contribution in [3.63, 3.8) is 0 Å². The fourth-order valence-electron chi connectivity index (χ4n) is 2.64. The maximum atomic E-state index is 12.2. The number of hydrogen-bond acceptors (Lipinski definition) is 5. The molecule has 9 heteroatoms. The van der Waals surface area contributed by atoms with Crippen LogP contribution in [0.4, 0.5) is 8.78 Å². The second kappa shape index (κ2) is 8.72. The molecule has 2 N–H and O–H groups in total. The summed E-state index contributed by atoms with van der Waals surface area (Å²) in [5.41, 5.74) is 1.58. The molecule has 1 fully saturated rings. The van der Waals surface area contributed by atoms with Crippen molar-refractivity contribution in [1.29, 1.82) is 0 Å². The molecule has 2 aromatic rings. The zero-order chi connectivity index (χ0) is 18.4. The number of rotatable bonds is 7. The second-order valence-corrected chi connectivity index (χ2v) is 5.78. The third kappa shape index (κ3) is 4.99. The van der Waals surface area contributed by atoms with Crippen LogP contribution >= 0.6 is 0 Å². The summed E-state index contributed by atoms with van der Waals surface area (Å²) in [6, 6.07) is 7.69. The second-order valence-electron chi connectivity index (χ2n) is 5.78. The summed E-state index contributed by atoms with van der Waals surface area (Å²) in [6.45, 7) is 1.62. The fraction of sp³-hybridized carbons (Fsp3) is 0.412. The summed E-state index contributed by atoms with van der Waals surface area (Å²) < 4.78 is 33.9. The van der Waals surface area contributed by atoms with E-state index < -0.39 is 6.61 Å². The van der Waals surface area contributed by atoms with E-state index in [1.165, 1.54) is 12.1 Å². The molecule has 0 atom stereocenters. The minimum atomic E-state index is -2.86. The summed E-state index contributed by atoms with van der Waals surface area (Å²) in [7, 11) is 0. The van der Waals surface area contributed by atoms with Crippen molar-refractivity contribution in [3.8, 4) is 17.0 Å². The Kier molecular flexibility index (Phi) is 6.13. The number of ether oxygens (including phenoxy) is 2. The molecule has 1 aliphatic rings. The molecule has 0 unspecified atom stereocenters. The van der Waals surface area contributed by atoms with Gasteiger partial charge in [-0.3, -0.25) is 14.8 Å². The highest BCUT2D eigenvalue weighted by Crippen LogP contribution is 2.22. The van der Waals surface area contributed by atoms with Gasteiger partial charge in [-0.15, -0.1) is 0 Å². The van der Waals surface area contributed by atoms with Crippen molar-refractivity contribution in [2.24, 2.45) is 0 Å². The topological polar surface area (TPSA) is 79.5 Å². The van der Waals surface area contributed by atoms with Crippen LogP contribution in [0.5, 0.6) is 5.75 Å². The van der Waals surface area contributed by atoms with Crippen LogP contribution < -0.4 is 10.1 Å². The van der Waals surface area contributed by atoms with Gasteiger partial charge >= 0.3 is 6.61 Å². The number of morpholine rings is 1. The number of nitrogens with one attached hydrogen (secondary N) is 2.